The molecule has 0 fully saturated rings. The Morgan fingerprint density at radius 2 is 2.50 bits per heavy atom. The van der Waals surface area contributed by atoms with Gasteiger partial charge in [-0.15, -0.1) is 0 Å². The lowest BCUT2D eigenvalue weighted by Crippen LogP contribution is -2.35. The second kappa shape index (κ2) is 4.27. The molecule has 0 amide bonds. The van der Waals surface area contributed by atoms with Crippen molar-refractivity contribution < 1.29 is 0 Å². The molecule has 0 aromatic heterocycles. The molecule has 1 atom stereocenters. The fourth-order valence-electron chi connectivity index (χ4n) is 1.60. The third-order valence-corrected chi connectivity index (χ3v) is 2.54. The summed E-state index contributed by atoms with van der Waals surface area (Å²) in [5.41, 5.74) is 1.51. The van der Waals surface area contributed by atoms with E-state index in [9.17, 15) is 0 Å². The van der Waals surface area contributed by atoms with Crippen LogP contribution in [0.15, 0.2) is 11.6 Å². The van der Waals surface area contributed by atoms with Gasteiger partial charge in [0.2, 0.25) is 0 Å². The monoisotopic (exact) mass is 164 g/mol. The third-order valence-electron chi connectivity index (χ3n) is 2.54. The highest BCUT2D eigenvalue weighted by atomic mass is 15.1. The van der Waals surface area contributed by atoms with E-state index in [1.54, 1.807) is 0 Å². The lowest BCUT2D eigenvalue weighted by molar-refractivity contribution is 0.250. The van der Waals surface area contributed by atoms with Gasteiger partial charge in [-0.25, -0.2) is 0 Å². The van der Waals surface area contributed by atoms with Crippen molar-refractivity contribution in [3.05, 3.63) is 11.6 Å². The van der Waals surface area contributed by atoms with Gasteiger partial charge in [-0.3, -0.25) is 4.90 Å². The summed E-state index contributed by atoms with van der Waals surface area (Å²) in [5.74, 6) is 0. The standard InChI is InChI=1S/C10H16N2/c1-3-9-4-5-10(6-7-11)12(2)8-9/h4,10H,3,5-6,8H2,1-2H3. The van der Waals surface area contributed by atoms with Gasteiger partial charge in [-0.1, -0.05) is 18.6 Å². The second-order valence-corrected chi connectivity index (χ2v) is 3.38. The Morgan fingerprint density at radius 1 is 1.75 bits per heavy atom. The highest BCUT2D eigenvalue weighted by Crippen LogP contribution is 2.18. The summed E-state index contributed by atoms with van der Waals surface area (Å²) in [6, 6.07) is 2.68. The predicted molar refractivity (Wildman–Crippen MR) is 49.6 cm³/mol. The zero-order valence-corrected chi connectivity index (χ0v) is 7.88. The smallest absolute Gasteiger partial charge is 0.0638 e. The number of rotatable bonds is 2. The summed E-state index contributed by atoms with van der Waals surface area (Å²) in [6.07, 6.45) is 5.14. The van der Waals surface area contributed by atoms with Crippen LogP contribution < -0.4 is 0 Å². The number of hydrogen-bond acceptors (Lipinski definition) is 2. The molecule has 1 unspecified atom stereocenters. The average Bonchev–Trinajstić information content (AvgIpc) is 2.09. The Kier molecular flexibility index (Phi) is 3.31. The van der Waals surface area contributed by atoms with E-state index < -0.39 is 0 Å². The Balaban J connectivity index is 2.53. The van der Waals surface area contributed by atoms with Crippen LogP contribution in [-0.4, -0.2) is 24.5 Å². The highest BCUT2D eigenvalue weighted by Gasteiger charge is 2.18. The fraction of sp³-hybridized carbons (Fsp3) is 0.700. The minimum absolute atomic E-state index is 0.449. The van der Waals surface area contributed by atoms with E-state index in [2.05, 4.69) is 31.0 Å². The van der Waals surface area contributed by atoms with Gasteiger partial charge < -0.3 is 0 Å². The molecule has 2 nitrogen and oxygen atoms in total. The summed E-state index contributed by atoms with van der Waals surface area (Å²) in [6.45, 7) is 3.23. The van der Waals surface area contributed by atoms with E-state index in [4.69, 9.17) is 5.26 Å². The number of nitriles is 1. The minimum atomic E-state index is 0.449. The third kappa shape index (κ3) is 2.09. The van der Waals surface area contributed by atoms with Gasteiger partial charge in [0.15, 0.2) is 0 Å². The average molecular weight is 164 g/mol. The molecule has 1 aliphatic rings. The largest absolute Gasteiger partial charge is 0.298 e. The van der Waals surface area contributed by atoms with Crippen LogP contribution in [0, 0.1) is 11.3 Å². The van der Waals surface area contributed by atoms with E-state index in [1.165, 1.54) is 5.57 Å². The summed E-state index contributed by atoms with van der Waals surface area (Å²) < 4.78 is 0. The molecule has 0 saturated carbocycles. The zero-order valence-electron chi connectivity index (χ0n) is 7.88. The molecular weight excluding hydrogens is 148 g/mol. The van der Waals surface area contributed by atoms with Crippen LogP contribution in [0.4, 0.5) is 0 Å². The Labute approximate surface area is 74.5 Å². The first-order valence-corrected chi connectivity index (χ1v) is 4.53. The van der Waals surface area contributed by atoms with E-state index in [0.717, 1.165) is 19.4 Å². The Hall–Kier alpha value is -0.810. The van der Waals surface area contributed by atoms with Crippen LogP contribution in [0.25, 0.3) is 0 Å². The quantitative estimate of drug-likeness (QED) is 0.583. The van der Waals surface area contributed by atoms with Crippen LogP contribution in [0.1, 0.15) is 26.2 Å². The Bertz CT molecular complexity index is 212. The first kappa shape index (κ1) is 9.28. The maximum atomic E-state index is 8.56. The lowest BCUT2D eigenvalue weighted by Gasteiger charge is -2.30. The highest BCUT2D eigenvalue weighted by molar-refractivity contribution is 5.10. The van der Waals surface area contributed by atoms with Crippen molar-refractivity contribution in [2.75, 3.05) is 13.6 Å². The molecule has 0 N–H and O–H groups in total. The molecule has 0 aromatic rings. The van der Waals surface area contributed by atoms with Crippen molar-refractivity contribution in [1.82, 2.24) is 4.90 Å². The van der Waals surface area contributed by atoms with E-state index in [1.807, 2.05) is 0 Å². The molecule has 0 saturated heterocycles. The van der Waals surface area contributed by atoms with E-state index >= 15 is 0 Å². The van der Waals surface area contributed by atoms with Crippen molar-refractivity contribution in [2.24, 2.45) is 0 Å². The molecule has 0 bridgehead atoms. The molecule has 0 spiro atoms. The topological polar surface area (TPSA) is 27.0 Å². The fourth-order valence-corrected chi connectivity index (χ4v) is 1.60. The second-order valence-electron chi connectivity index (χ2n) is 3.38. The van der Waals surface area contributed by atoms with Gasteiger partial charge in [0.25, 0.3) is 0 Å². The first-order chi connectivity index (χ1) is 5.77. The molecule has 1 heterocycles. The number of likely N-dealkylation sites (N-methyl/N-ethyl adjacent to an activating group) is 1. The van der Waals surface area contributed by atoms with Crippen molar-refractivity contribution >= 4 is 0 Å². The number of nitrogens with zero attached hydrogens (tertiary/aromatic N) is 2. The number of hydrogen-bond donors (Lipinski definition) is 0. The molecule has 66 valence electrons. The molecule has 1 aliphatic heterocycles. The SMILES string of the molecule is CCC1=CCC(CC#N)N(C)C1. The van der Waals surface area contributed by atoms with Crippen LogP contribution in [0.3, 0.4) is 0 Å². The van der Waals surface area contributed by atoms with E-state index in [-0.39, 0.29) is 0 Å². The maximum absolute atomic E-state index is 8.56. The zero-order chi connectivity index (χ0) is 8.97. The van der Waals surface area contributed by atoms with Crippen molar-refractivity contribution in [2.45, 2.75) is 32.2 Å². The maximum Gasteiger partial charge on any atom is 0.0638 e. The molecule has 12 heavy (non-hydrogen) atoms. The van der Waals surface area contributed by atoms with Gasteiger partial charge in [-0.05, 0) is 19.9 Å². The summed E-state index contributed by atoms with van der Waals surface area (Å²) in [7, 11) is 2.10. The van der Waals surface area contributed by atoms with Crippen LogP contribution in [0.2, 0.25) is 0 Å². The van der Waals surface area contributed by atoms with Crippen LogP contribution in [0.5, 0.6) is 0 Å². The van der Waals surface area contributed by atoms with Crippen molar-refractivity contribution in [3.8, 4) is 6.07 Å². The normalized spacial score (nSPS) is 24.8. The van der Waals surface area contributed by atoms with Crippen molar-refractivity contribution in [1.29, 1.82) is 5.26 Å². The molecular formula is C10H16N2. The van der Waals surface area contributed by atoms with Gasteiger partial charge in [0.05, 0.1) is 12.5 Å². The van der Waals surface area contributed by atoms with Gasteiger partial charge in [-0.2, -0.15) is 5.26 Å². The van der Waals surface area contributed by atoms with Gasteiger partial charge >= 0.3 is 0 Å². The van der Waals surface area contributed by atoms with Crippen LogP contribution in [-0.2, 0) is 0 Å². The predicted octanol–water partition coefficient (Wildman–Crippen LogP) is 1.94. The molecule has 0 aromatic carbocycles. The van der Waals surface area contributed by atoms with Crippen LogP contribution >= 0.6 is 0 Å². The van der Waals surface area contributed by atoms with E-state index in [0.29, 0.717) is 12.5 Å². The van der Waals surface area contributed by atoms with Gasteiger partial charge in [0, 0.05) is 12.6 Å². The Morgan fingerprint density at radius 3 is 3.00 bits per heavy atom. The summed E-state index contributed by atoms with van der Waals surface area (Å²) in [4.78, 5) is 2.28. The molecule has 0 aliphatic carbocycles. The molecule has 2 heteroatoms. The first-order valence-electron chi connectivity index (χ1n) is 4.53. The van der Waals surface area contributed by atoms with Crippen molar-refractivity contribution in [3.63, 3.8) is 0 Å². The summed E-state index contributed by atoms with van der Waals surface area (Å²) in [5, 5.41) is 8.56. The lowest BCUT2D eigenvalue weighted by atomic mass is 10.00. The summed E-state index contributed by atoms with van der Waals surface area (Å²) >= 11 is 0. The minimum Gasteiger partial charge on any atom is -0.298 e. The molecule has 1 rings (SSSR count). The van der Waals surface area contributed by atoms with Gasteiger partial charge in [0.1, 0.15) is 0 Å². The molecule has 0 radical (unpaired) electrons.